The lowest BCUT2D eigenvalue weighted by Gasteiger charge is -2.09. The minimum absolute atomic E-state index is 0.189. The first-order valence-electron chi connectivity index (χ1n) is 11.0. The zero-order valence-corrected chi connectivity index (χ0v) is 21.4. The van der Waals surface area contributed by atoms with Gasteiger partial charge in [-0.05, 0) is 64.6 Å². The summed E-state index contributed by atoms with van der Waals surface area (Å²) in [6, 6.07) is 17.1. The van der Waals surface area contributed by atoms with Crippen molar-refractivity contribution in [3.05, 3.63) is 109 Å². The Morgan fingerprint density at radius 2 is 1.97 bits per heavy atom. The molecule has 0 atom stereocenters. The molecule has 4 rings (SSSR count). The van der Waals surface area contributed by atoms with Gasteiger partial charge in [0.1, 0.15) is 18.1 Å². The van der Waals surface area contributed by atoms with E-state index in [2.05, 4.69) is 20.6 Å². The Labute approximate surface area is 226 Å². The molecule has 13 heteroatoms. The number of carbonyl (C=O) groups is 1. The Balaban J connectivity index is 1.39. The molecular formula is C25H20Cl2N6O5. The first-order chi connectivity index (χ1) is 18.3. The smallest absolute Gasteiger partial charge is 0.490 e. The molecule has 0 aliphatic carbocycles. The lowest BCUT2D eigenvalue weighted by Crippen LogP contribution is -2.18. The molecule has 38 heavy (non-hydrogen) atoms. The third-order valence-electron chi connectivity index (χ3n) is 5.18. The third kappa shape index (κ3) is 6.84. The number of amides is 1. The molecule has 1 N–H and O–H groups in total. The van der Waals surface area contributed by atoms with Crippen LogP contribution in [0.5, 0.6) is 11.5 Å². The monoisotopic (exact) mass is 554 g/mol. The number of rotatable bonds is 10. The number of nitro groups is 1. The molecule has 1 amide bonds. The topological polar surface area (TPSA) is 134 Å². The van der Waals surface area contributed by atoms with Gasteiger partial charge in [0.15, 0.2) is 0 Å². The Morgan fingerprint density at radius 1 is 1.16 bits per heavy atom. The molecule has 3 aromatic carbocycles. The molecule has 0 fully saturated rings. The Hall–Kier alpha value is -4.48. The highest BCUT2D eigenvalue weighted by atomic mass is 35.5. The quantitative estimate of drug-likeness (QED) is 0.167. The molecule has 0 aliphatic rings. The standard InChI is InChI=1S/C25H20Cl2N6O5/c1-37-22-7-5-16(9-19(22)13-32-15-28-25(31-32)33(35)36)12-29-30-24(34)18-4-2-3-17(10-18)14-38-23-8-6-20(26)11-21(23)27/h2-12,15H,13-14H2,1H3,(H,30,34). The summed E-state index contributed by atoms with van der Waals surface area (Å²) in [5.74, 6) is 0.143. The van der Waals surface area contributed by atoms with E-state index in [9.17, 15) is 14.9 Å². The van der Waals surface area contributed by atoms with Gasteiger partial charge in [-0.15, -0.1) is 0 Å². The zero-order valence-electron chi connectivity index (χ0n) is 19.9. The van der Waals surface area contributed by atoms with Crippen LogP contribution in [-0.4, -0.2) is 38.9 Å². The van der Waals surface area contributed by atoms with Gasteiger partial charge in [0.25, 0.3) is 5.91 Å². The molecule has 4 aromatic rings. The van der Waals surface area contributed by atoms with Crippen molar-refractivity contribution >= 4 is 41.3 Å². The molecule has 0 radical (unpaired) electrons. The van der Waals surface area contributed by atoms with Crippen molar-refractivity contribution in [1.82, 2.24) is 20.2 Å². The highest BCUT2D eigenvalue weighted by molar-refractivity contribution is 6.35. The molecule has 0 bridgehead atoms. The van der Waals surface area contributed by atoms with Crippen LogP contribution < -0.4 is 14.9 Å². The number of benzene rings is 3. The number of hydrogen-bond acceptors (Lipinski definition) is 8. The van der Waals surface area contributed by atoms with Crippen molar-refractivity contribution in [2.75, 3.05) is 7.11 Å². The Bertz CT molecular complexity index is 1510. The van der Waals surface area contributed by atoms with Crippen molar-refractivity contribution in [3.8, 4) is 11.5 Å². The maximum absolute atomic E-state index is 12.6. The van der Waals surface area contributed by atoms with Gasteiger partial charge < -0.3 is 19.6 Å². The SMILES string of the molecule is COc1ccc(C=NNC(=O)c2cccc(COc3ccc(Cl)cc3Cl)c2)cc1Cn1cnc([N+](=O)[O-])n1. The number of hydrazone groups is 1. The number of aromatic nitrogens is 3. The number of methoxy groups -OCH3 is 1. The summed E-state index contributed by atoms with van der Waals surface area (Å²) in [5.41, 5.74) is 5.01. The van der Waals surface area contributed by atoms with Gasteiger partial charge in [0.05, 0.1) is 24.9 Å². The molecule has 0 aliphatic heterocycles. The second kappa shape index (κ2) is 12.2. The van der Waals surface area contributed by atoms with Crippen molar-refractivity contribution in [2.24, 2.45) is 5.10 Å². The van der Waals surface area contributed by atoms with Crippen molar-refractivity contribution in [2.45, 2.75) is 13.2 Å². The molecule has 11 nitrogen and oxygen atoms in total. The number of carbonyl (C=O) groups excluding carboxylic acids is 1. The van der Waals surface area contributed by atoms with E-state index in [1.165, 1.54) is 24.3 Å². The number of nitrogens with zero attached hydrogens (tertiary/aromatic N) is 5. The first-order valence-corrected chi connectivity index (χ1v) is 11.8. The summed E-state index contributed by atoms with van der Waals surface area (Å²) in [4.78, 5) is 26.4. The van der Waals surface area contributed by atoms with E-state index in [-0.39, 0.29) is 13.2 Å². The first kappa shape index (κ1) is 26.6. The van der Waals surface area contributed by atoms with E-state index < -0.39 is 16.8 Å². The van der Waals surface area contributed by atoms with E-state index in [4.69, 9.17) is 32.7 Å². The average Bonchev–Trinajstić information content (AvgIpc) is 3.37. The van der Waals surface area contributed by atoms with Gasteiger partial charge in [-0.2, -0.15) is 9.78 Å². The second-order valence-corrected chi connectivity index (χ2v) is 8.68. The van der Waals surface area contributed by atoms with Gasteiger partial charge in [-0.1, -0.05) is 40.3 Å². The fourth-order valence-corrected chi connectivity index (χ4v) is 3.87. The van der Waals surface area contributed by atoms with Gasteiger partial charge in [-0.25, -0.2) is 5.43 Å². The summed E-state index contributed by atoms with van der Waals surface area (Å²) >= 11 is 12.0. The van der Waals surface area contributed by atoms with Crippen LogP contribution in [-0.2, 0) is 13.2 Å². The second-order valence-electron chi connectivity index (χ2n) is 7.83. The van der Waals surface area contributed by atoms with Crippen LogP contribution >= 0.6 is 23.2 Å². The molecule has 0 unspecified atom stereocenters. The highest BCUT2D eigenvalue weighted by Crippen LogP contribution is 2.28. The van der Waals surface area contributed by atoms with Crippen LogP contribution in [0.1, 0.15) is 27.0 Å². The minimum Gasteiger partial charge on any atom is -0.496 e. The number of nitrogens with one attached hydrogen (secondary N) is 1. The highest BCUT2D eigenvalue weighted by Gasteiger charge is 2.15. The number of halogens is 2. The normalized spacial score (nSPS) is 10.9. The molecule has 0 saturated heterocycles. The maximum atomic E-state index is 12.6. The van der Waals surface area contributed by atoms with Crippen molar-refractivity contribution in [3.63, 3.8) is 0 Å². The molecule has 1 aromatic heterocycles. The van der Waals surface area contributed by atoms with Gasteiger partial charge >= 0.3 is 5.95 Å². The average molecular weight is 555 g/mol. The van der Waals surface area contributed by atoms with Gasteiger partial charge in [-0.3, -0.25) is 4.79 Å². The molecular weight excluding hydrogens is 535 g/mol. The van der Waals surface area contributed by atoms with E-state index in [0.29, 0.717) is 38.2 Å². The molecule has 0 saturated carbocycles. The summed E-state index contributed by atoms with van der Waals surface area (Å²) in [6.45, 7) is 0.392. The largest absolute Gasteiger partial charge is 0.496 e. The van der Waals surface area contributed by atoms with Crippen LogP contribution in [0.15, 0.2) is 72.1 Å². The van der Waals surface area contributed by atoms with E-state index in [1.54, 1.807) is 54.6 Å². The van der Waals surface area contributed by atoms with E-state index in [0.717, 1.165) is 5.56 Å². The summed E-state index contributed by atoms with van der Waals surface area (Å²) < 4.78 is 12.4. The summed E-state index contributed by atoms with van der Waals surface area (Å²) in [6.07, 6.45) is 2.74. The van der Waals surface area contributed by atoms with Crippen molar-refractivity contribution < 1.29 is 19.2 Å². The van der Waals surface area contributed by atoms with E-state index in [1.807, 2.05) is 6.07 Å². The van der Waals surface area contributed by atoms with Crippen LogP contribution in [0.4, 0.5) is 5.95 Å². The maximum Gasteiger partial charge on any atom is 0.490 e. The zero-order chi connectivity index (χ0) is 27.1. The molecule has 194 valence electrons. The van der Waals surface area contributed by atoms with E-state index >= 15 is 0 Å². The Morgan fingerprint density at radius 3 is 2.71 bits per heavy atom. The predicted molar refractivity (Wildman–Crippen MR) is 141 cm³/mol. The van der Waals surface area contributed by atoms with Gasteiger partial charge in [0, 0.05) is 21.2 Å². The fraction of sp³-hybridized carbons (Fsp3) is 0.120. The lowest BCUT2D eigenvalue weighted by atomic mass is 10.1. The van der Waals surface area contributed by atoms with Crippen LogP contribution in [0, 0.1) is 10.1 Å². The summed E-state index contributed by atoms with van der Waals surface area (Å²) in [7, 11) is 1.51. The predicted octanol–water partition coefficient (Wildman–Crippen LogP) is 4.89. The summed E-state index contributed by atoms with van der Waals surface area (Å²) in [5, 5.41) is 19.6. The fourth-order valence-electron chi connectivity index (χ4n) is 3.41. The Kier molecular flexibility index (Phi) is 8.51. The molecule has 0 spiro atoms. The van der Waals surface area contributed by atoms with Crippen LogP contribution in [0.3, 0.4) is 0 Å². The third-order valence-corrected chi connectivity index (χ3v) is 5.71. The minimum atomic E-state index is -0.669. The lowest BCUT2D eigenvalue weighted by molar-refractivity contribution is -0.394. The van der Waals surface area contributed by atoms with Crippen LogP contribution in [0.2, 0.25) is 10.0 Å². The van der Waals surface area contributed by atoms with Gasteiger partial charge in [0.2, 0.25) is 6.33 Å². The number of hydrogen-bond donors (Lipinski definition) is 1. The molecule has 1 heterocycles. The van der Waals surface area contributed by atoms with Crippen molar-refractivity contribution in [1.29, 1.82) is 0 Å². The van der Waals surface area contributed by atoms with Crippen LogP contribution in [0.25, 0.3) is 0 Å². The number of ether oxygens (including phenoxy) is 2.